The molecule has 0 fully saturated rings. The van der Waals surface area contributed by atoms with Crippen LogP contribution in [0.3, 0.4) is 0 Å². The molecule has 156 valence electrons. The molecule has 4 heterocycles. The summed E-state index contributed by atoms with van der Waals surface area (Å²) < 4.78 is 6.83. The minimum atomic E-state index is -0.360. The van der Waals surface area contributed by atoms with Crippen molar-refractivity contribution in [2.24, 2.45) is 0 Å². The summed E-state index contributed by atoms with van der Waals surface area (Å²) in [7, 11) is 0. The Balaban J connectivity index is 1.35. The van der Waals surface area contributed by atoms with Gasteiger partial charge in [-0.2, -0.15) is 16.3 Å². The second-order valence-corrected chi connectivity index (χ2v) is 7.87. The van der Waals surface area contributed by atoms with E-state index in [-0.39, 0.29) is 35.6 Å². The smallest absolute Gasteiger partial charge is 0.281 e. The zero-order chi connectivity index (χ0) is 21.4. The molecule has 3 aromatic heterocycles. The fourth-order valence-corrected chi connectivity index (χ4v) is 4.00. The first-order valence-electron chi connectivity index (χ1n) is 9.54. The molecule has 0 saturated heterocycles. The second-order valence-electron chi connectivity index (χ2n) is 7.09. The van der Waals surface area contributed by atoms with E-state index in [0.717, 1.165) is 11.1 Å². The van der Waals surface area contributed by atoms with E-state index in [9.17, 15) is 9.59 Å². The summed E-state index contributed by atoms with van der Waals surface area (Å²) in [5.41, 5.74) is 2.99. The van der Waals surface area contributed by atoms with Gasteiger partial charge >= 0.3 is 0 Å². The molecule has 31 heavy (non-hydrogen) atoms. The van der Waals surface area contributed by atoms with Crippen molar-refractivity contribution in [3.63, 3.8) is 0 Å². The van der Waals surface area contributed by atoms with Crippen molar-refractivity contribution in [1.82, 2.24) is 30.0 Å². The van der Waals surface area contributed by atoms with Crippen molar-refractivity contribution < 1.29 is 14.1 Å². The highest BCUT2D eigenvalue weighted by molar-refractivity contribution is 7.08. The van der Waals surface area contributed by atoms with Crippen LogP contribution in [0.15, 0.2) is 45.6 Å². The van der Waals surface area contributed by atoms with Crippen LogP contribution in [-0.2, 0) is 11.3 Å². The molecule has 1 aromatic carbocycles. The lowest BCUT2D eigenvalue weighted by atomic mass is 10.2. The number of nitrogens with one attached hydrogen (secondary N) is 1. The van der Waals surface area contributed by atoms with Crippen LogP contribution in [0, 0.1) is 6.92 Å². The fraction of sp³-hybridized carbons (Fsp3) is 0.200. The van der Waals surface area contributed by atoms with Crippen LogP contribution < -0.4 is 5.32 Å². The SMILES string of the molecule is Cc1cccc(NC(=O)CN2CCn3nnc(-c4nc(-c5ccsc5)no4)c3C2=O)c1. The highest BCUT2D eigenvalue weighted by Crippen LogP contribution is 2.26. The second kappa shape index (κ2) is 7.76. The molecular weight excluding hydrogens is 418 g/mol. The zero-order valence-electron chi connectivity index (χ0n) is 16.5. The van der Waals surface area contributed by atoms with Gasteiger partial charge in [0.25, 0.3) is 11.8 Å². The largest absolute Gasteiger partial charge is 0.332 e. The molecule has 0 spiro atoms. The van der Waals surface area contributed by atoms with Crippen LogP contribution in [0.1, 0.15) is 16.1 Å². The maximum absolute atomic E-state index is 13.1. The Bertz CT molecular complexity index is 1260. The molecule has 1 aliphatic rings. The third-order valence-corrected chi connectivity index (χ3v) is 5.53. The van der Waals surface area contributed by atoms with Gasteiger partial charge in [-0.3, -0.25) is 9.59 Å². The molecule has 0 bridgehead atoms. The quantitative estimate of drug-likeness (QED) is 0.511. The Morgan fingerprint density at radius 2 is 2.19 bits per heavy atom. The molecule has 5 rings (SSSR count). The number of rotatable bonds is 5. The number of anilines is 1. The molecule has 1 N–H and O–H groups in total. The summed E-state index contributed by atoms with van der Waals surface area (Å²) in [5, 5.41) is 18.7. The number of amides is 2. The van der Waals surface area contributed by atoms with Crippen molar-refractivity contribution >= 4 is 28.8 Å². The number of benzene rings is 1. The molecule has 0 atom stereocenters. The van der Waals surface area contributed by atoms with E-state index in [0.29, 0.717) is 24.6 Å². The number of hydrogen-bond acceptors (Lipinski definition) is 8. The Hall–Kier alpha value is -3.86. The maximum atomic E-state index is 13.1. The number of carbonyl (C=O) groups is 2. The Labute approximate surface area is 180 Å². The van der Waals surface area contributed by atoms with Crippen LogP contribution in [0.5, 0.6) is 0 Å². The Morgan fingerprint density at radius 3 is 3.00 bits per heavy atom. The third-order valence-electron chi connectivity index (χ3n) is 4.85. The molecule has 11 heteroatoms. The van der Waals surface area contributed by atoms with Gasteiger partial charge in [0, 0.05) is 23.2 Å². The maximum Gasteiger partial charge on any atom is 0.281 e. The van der Waals surface area contributed by atoms with Gasteiger partial charge in [0.05, 0.1) is 6.54 Å². The van der Waals surface area contributed by atoms with Crippen LogP contribution in [0.25, 0.3) is 23.0 Å². The third kappa shape index (κ3) is 3.70. The molecule has 4 aromatic rings. The molecule has 0 aliphatic carbocycles. The monoisotopic (exact) mass is 435 g/mol. The van der Waals surface area contributed by atoms with Gasteiger partial charge in [-0.1, -0.05) is 22.5 Å². The summed E-state index contributed by atoms with van der Waals surface area (Å²) in [6.07, 6.45) is 0. The van der Waals surface area contributed by atoms with Gasteiger partial charge in [0.15, 0.2) is 11.4 Å². The predicted molar refractivity (Wildman–Crippen MR) is 112 cm³/mol. The first kappa shape index (κ1) is 19.1. The van der Waals surface area contributed by atoms with Crippen LogP contribution in [-0.4, -0.2) is 54.9 Å². The first-order chi connectivity index (χ1) is 15.1. The van der Waals surface area contributed by atoms with Crippen molar-refractivity contribution in [3.8, 4) is 23.0 Å². The summed E-state index contributed by atoms with van der Waals surface area (Å²) in [5.74, 6) is -0.114. The normalized spacial score (nSPS) is 13.3. The van der Waals surface area contributed by atoms with Crippen LogP contribution >= 0.6 is 11.3 Å². The highest BCUT2D eigenvalue weighted by Gasteiger charge is 2.33. The van der Waals surface area contributed by atoms with Crippen molar-refractivity contribution in [2.45, 2.75) is 13.5 Å². The van der Waals surface area contributed by atoms with E-state index in [1.807, 2.05) is 41.9 Å². The zero-order valence-corrected chi connectivity index (χ0v) is 17.3. The van der Waals surface area contributed by atoms with Gasteiger partial charge in [-0.15, -0.1) is 5.10 Å². The van der Waals surface area contributed by atoms with E-state index >= 15 is 0 Å². The number of hydrogen-bond donors (Lipinski definition) is 1. The average molecular weight is 435 g/mol. The highest BCUT2D eigenvalue weighted by atomic mass is 32.1. The van der Waals surface area contributed by atoms with E-state index < -0.39 is 0 Å². The van der Waals surface area contributed by atoms with Gasteiger partial charge in [0.1, 0.15) is 6.54 Å². The lowest BCUT2D eigenvalue weighted by Crippen LogP contribution is -2.44. The molecule has 2 amide bonds. The number of carbonyl (C=O) groups excluding carboxylic acids is 2. The minimum Gasteiger partial charge on any atom is -0.332 e. The first-order valence-corrected chi connectivity index (χ1v) is 10.5. The molecular formula is C20H17N7O3S. The number of fused-ring (bicyclic) bond motifs is 1. The summed E-state index contributed by atoms with van der Waals surface area (Å²) in [6.45, 7) is 2.62. The molecule has 0 saturated carbocycles. The van der Waals surface area contributed by atoms with Gasteiger partial charge in [0.2, 0.25) is 11.7 Å². The predicted octanol–water partition coefficient (Wildman–Crippen LogP) is 2.46. The number of nitrogens with zero attached hydrogens (tertiary/aromatic N) is 6. The molecule has 10 nitrogen and oxygen atoms in total. The van der Waals surface area contributed by atoms with E-state index in [2.05, 4.69) is 25.8 Å². The van der Waals surface area contributed by atoms with Crippen molar-refractivity contribution in [2.75, 3.05) is 18.4 Å². The number of aryl methyl sites for hydroxylation is 1. The van der Waals surface area contributed by atoms with E-state index in [1.165, 1.54) is 20.9 Å². The minimum absolute atomic E-state index is 0.0820. The molecule has 1 aliphatic heterocycles. The Morgan fingerprint density at radius 1 is 1.29 bits per heavy atom. The lowest BCUT2D eigenvalue weighted by Gasteiger charge is -2.26. The standard InChI is InChI=1S/C20H17N7O3S/c1-12-3-2-4-14(9-12)21-15(28)10-26-6-7-27-17(20(26)29)16(23-25-27)19-22-18(24-30-19)13-5-8-31-11-13/h2-5,8-9,11H,6-7,10H2,1H3,(H,21,28). The Kier molecular flexibility index (Phi) is 4.79. The van der Waals surface area contributed by atoms with Crippen molar-refractivity contribution in [1.29, 1.82) is 0 Å². The average Bonchev–Trinajstić information content (AvgIpc) is 3.50. The topological polar surface area (TPSA) is 119 Å². The summed E-state index contributed by atoms with van der Waals surface area (Å²) in [4.78, 5) is 31.4. The van der Waals surface area contributed by atoms with Gasteiger partial charge in [-0.05, 0) is 36.1 Å². The van der Waals surface area contributed by atoms with Gasteiger partial charge < -0.3 is 14.7 Å². The van der Waals surface area contributed by atoms with E-state index in [1.54, 1.807) is 6.07 Å². The lowest BCUT2D eigenvalue weighted by molar-refractivity contribution is -0.117. The molecule has 0 unspecified atom stereocenters. The van der Waals surface area contributed by atoms with E-state index in [4.69, 9.17) is 4.52 Å². The number of aromatic nitrogens is 5. The van der Waals surface area contributed by atoms with Crippen LogP contribution in [0.2, 0.25) is 0 Å². The fourth-order valence-electron chi connectivity index (χ4n) is 3.37. The summed E-state index contributed by atoms with van der Waals surface area (Å²) in [6, 6.07) is 9.36. The number of thiophene rings is 1. The van der Waals surface area contributed by atoms with Crippen LogP contribution in [0.4, 0.5) is 5.69 Å². The van der Waals surface area contributed by atoms with Gasteiger partial charge in [-0.25, -0.2) is 4.68 Å². The van der Waals surface area contributed by atoms with Crippen molar-refractivity contribution in [3.05, 3.63) is 52.3 Å². The molecule has 0 radical (unpaired) electrons. The summed E-state index contributed by atoms with van der Waals surface area (Å²) >= 11 is 1.52.